The number of anilines is 1. The van der Waals surface area contributed by atoms with Gasteiger partial charge in [0, 0.05) is 30.3 Å². The fraction of sp³-hybridized carbons (Fsp3) is 0.278. The van der Waals surface area contributed by atoms with Crippen LogP contribution in [0.5, 0.6) is 0 Å². The van der Waals surface area contributed by atoms with E-state index in [4.69, 9.17) is 16.3 Å². The number of ether oxygens (including phenoxy) is 1. The van der Waals surface area contributed by atoms with Crippen LogP contribution in [0.3, 0.4) is 0 Å². The quantitative estimate of drug-likeness (QED) is 0.918. The molecule has 0 bridgehead atoms. The average molecular weight is 349 g/mol. The van der Waals surface area contributed by atoms with Crippen molar-refractivity contribution in [1.82, 2.24) is 4.90 Å². The maximum absolute atomic E-state index is 13.7. The van der Waals surface area contributed by atoms with E-state index >= 15 is 0 Å². The highest BCUT2D eigenvalue weighted by Gasteiger charge is 2.13. The molecule has 1 fully saturated rings. The van der Waals surface area contributed by atoms with Gasteiger partial charge in [0.2, 0.25) is 0 Å². The van der Waals surface area contributed by atoms with E-state index in [2.05, 4.69) is 10.2 Å². The molecule has 0 spiro atoms. The highest BCUT2D eigenvalue weighted by molar-refractivity contribution is 6.31. The Balaban J connectivity index is 1.63. The Hall–Kier alpha value is -1.95. The van der Waals surface area contributed by atoms with E-state index in [1.807, 2.05) is 24.3 Å². The number of rotatable bonds is 4. The second-order valence-electron chi connectivity index (χ2n) is 5.66. The zero-order chi connectivity index (χ0) is 16.9. The zero-order valence-corrected chi connectivity index (χ0v) is 13.9. The molecule has 126 valence electrons. The number of benzene rings is 2. The molecule has 4 nitrogen and oxygen atoms in total. The number of halogens is 2. The minimum atomic E-state index is -0.596. The van der Waals surface area contributed by atoms with E-state index in [1.165, 1.54) is 18.2 Å². The molecule has 0 atom stereocenters. The first-order valence-electron chi connectivity index (χ1n) is 7.77. The number of hydrogen-bond donors (Lipinski definition) is 1. The largest absolute Gasteiger partial charge is 0.379 e. The molecule has 0 radical (unpaired) electrons. The molecule has 0 saturated carbocycles. The Morgan fingerprint density at radius 3 is 2.58 bits per heavy atom. The van der Waals surface area contributed by atoms with Crippen LogP contribution in [0.4, 0.5) is 10.1 Å². The van der Waals surface area contributed by atoms with Crippen molar-refractivity contribution in [1.29, 1.82) is 0 Å². The fourth-order valence-electron chi connectivity index (χ4n) is 2.58. The van der Waals surface area contributed by atoms with Gasteiger partial charge in [0.25, 0.3) is 5.91 Å². The third-order valence-electron chi connectivity index (χ3n) is 3.89. The average Bonchev–Trinajstić information content (AvgIpc) is 2.59. The van der Waals surface area contributed by atoms with E-state index < -0.39 is 11.7 Å². The lowest BCUT2D eigenvalue weighted by Gasteiger charge is -2.26. The van der Waals surface area contributed by atoms with Crippen molar-refractivity contribution in [3.8, 4) is 0 Å². The van der Waals surface area contributed by atoms with Gasteiger partial charge >= 0.3 is 0 Å². The summed E-state index contributed by atoms with van der Waals surface area (Å²) in [6.07, 6.45) is 0. The second kappa shape index (κ2) is 7.75. The number of carbonyl (C=O) groups is 1. The summed E-state index contributed by atoms with van der Waals surface area (Å²) in [5.41, 5.74) is 1.70. The smallest absolute Gasteiger partial charge is 0.258 e. The third kappa shape index (κ3) is 4.32. The molecule has 3 rings (SSSR count). The number of nitrogens with one attached hydrogen (secondary N) is 1. The normalized spacial score (nSPS) is 15.2. The maximum atomic E-state index is 13.7. The Morgan fingerprint density at radius 2 is 1.88 bits per heavy atom. The van der Waals surface area contributed by atoms with E-state index in [9.17, 15) is 9.18 Å². The molecule has 1 N–H and O–H groups in total. The lowest BCUT2D eigenvalue weighted by Crippen LogP contribution is -2.35. The molecule has 2 aromatic carbocycles. The number of hydrogen-bond acceptors (Lipinski definition) is 3. The number of nitrogens with zero attached hydrogens (tertiary/aromatic N) is 1. The molecule has 0 unspecified atom stereocenters. The van der Waals surface area contributed by atoms with E-state index in [-0.39, 0.29) is 5.56 Å². The predicted molar refractivity (Wildman–Crippen MR) is 91.9 cm³/mol. The Bertz CT molecular complexity index is 715. The van der Waals surface area contributed by atoms with Crippen LogP contribution in [0, 0.1) is 5.82 Å². The highest BCUT2D eigenvalue weighted by Crippen LogP contribution is 2.18. The molecule has 6 heteroatoms. The van der Waals surface area contributed by atoms with Crippen molar-refractivity contribution < 1.29 is 13.9 Å². The summed E-state index contributed by atoms with van der Waals surface area (Å²) in [5.74, 6) is -1.11. The van der Waals surface area contributed by atoms with Crippen LogP contribution in [0.25, 0.3) is 0 Å². The van der Waals surface area contributed by atoms with Crippen LogP contribution in [-0.4, -0.2) is 37.1 Å². The van der Waals surface area contributed by atoms with Gasteiger partial charge in [-0.3, -0.25) is 9.69 Å². The van der Waals surface area contributed by atoms with Crippen molar-refractivity contribution in [2.75, 3.05) is 31.6 Å². The van der Waals surface area contributed by atoms with Crippen LogP contribution in [-0.2, 0) is 11.3 Å². The number of amides is 1. The molecule has 2 aromatic rings. The summed E-state index contributed by atoms with van der Waals surface area (Å²) >= 11 is 5.82. The van der Waals surface area contributed by atoms with Gasteiger partial charge in [-0.25, -0.2) is 4.39 Å². The topological polar surface area (TPSA) is 41.6 Å². The van der Waals surface area contributed by atoms with Gasteiger partial charge in [-0.15, -0.1) is 0 Å². The molecular formula is C18H18ClFN2O2. The van der Waals surface area contributed by atoms with Gasteiger partial charge in [0.05, 0.1) is 18.8 Å². The van der Waals surface area contributed by atoms with Crippen LogP contribution < -0.4 is 5.32 Å². The van der Waals surface area contributed by atoms with Crippen LogP contribution in [0.15, 0.2) is 42.5 Å². The lowest BCUT2D eigenvalue weighted by atomic mass is 10.1. The van der Waals surface area contributed by atoms with Gasteiger partial charge in [0.15, 0.2) is 0 Å². The van der Waals surface area contributed by atoms with Gasteiger partial charge in [-0.1, -0.05) is 23.7 Å². The van der Waals surface area contributed by atoms with Crippen LogP contribution >= 0.6 is 11.6 Å². The minimum Gasteiger partial charge on any atom is -0.379 e. The number of carbonyl (C=O) groups excluding carboxylic acids is 1. The molecular weight excluding hydrogens is 331 g/mol. The van der Waals surface area contributed by atoms with Crippen LogP contribution in [0.1, 0.15) is 15.9 Å². The van der Waals surface area contributed by atoms with Gasteiger partial charge < -0.3 is 10.1 Å². The first-order chi connectivity index (χ1) is 11.6. The van der Waals surface area contributed by atoms with Crippen molar-refractivity contribution in [3.05, 3.63) is 64.4 Å². The summed E-state index contributed by atoms with van der Waals surface area (Å²) in [7, 11) is 0. The number of morpholine rings is 1. The summed E-state index contributed by atoms with van der Waals surface area (Å²) < 4.78 is 19.0. The third-order valence-corrected chi connectivity index (χ3v) is 4.13. The molecule has 1 amide bonds. The van der Waals surface area contributed by atoms with Crippen LogP contribution in [0.2, 0.25) is 5.02 Å². The summed E-state index contributed by atoms with van der Waals surface area (Å²) in [5, 5.41) is 3.01. The molecule has 0 aromatic heterocycles. The van der Waals surface area contributed by atoms with E-state index in [0.717, 1.165) is 38.4 Å². The standard InChI is InChI=1S/C18H18ClFN2O2/c19-14-3-6-17(20)16(11-14)18(23)21-15-4-1-13(2-5-15)12-22-7-9-24-10-8-22/h1-6,11H,7-10,12H2,(H,21,23). The Kier molecular flexibility index (Phi) is 5.45. The predicted octanol–water partition coefficient (Wildman–Crippen LogP) is 3.56. The van der Waals surface area contributed by atoms with Crippen molar-refractivity contribution in [2.45, 2.75) is 6.54 Å². The van der Waals surface area contributed by atoms with Crippen molar-refractivity contribution >= 4 is 23.2 Å². The maximum Gasteiger partial charge on any atom is 0.258 e. The van der Waals surface area contributed by atoms with E-state index in [0.29, 0.717) is 10.7 Å². The molecule has 1 aliphatic rings. The minimum absolute atomic E-state index is 0.0695. The second-order valence-corrected chi connectivity index (χ2v) is 6.10. The molecule has 24 heavy (non-hydrogen) atoms. The fourth-order valence-corrected chi connectivity index (χ4v) is 2.75. The summed E-state index contributed by atoms with van der Waals surface area (Å²) in [6, 6.07) is 11.5. The van der Waals surface area contributed by atoms with Crippen molar-refractivity contribution in [3.63, 3.8) is 0 Å². The zero-order valence-electron chi connectivity index (χ0n) is 13.1. The monoisotopic (exact) mass is 348 g/mol. The SMILES string of the molecule is O=C(Nc1ccc(CN2CCOCC2)cc1)c1cc(Cl)ccc1F. The van der Waals surface area contributed by atoms with Gasteiger partial charge in [-0.2, -0.15) is 0 Å². The Labute approximate surface area is 145 Å². The first-order valence-corrected chi connectivity index (χ1v) is 8.15. The first kappa shape index (κ1) is 16.9. The Morgan fingerprint density at radius 1 is 1.17 bits per heavy atom. The van der Waals surface area contributed by atoms with Gasteiger partial charge in [0.1, 0.15) is 5.82 Å². The van der Waals surface area contributed by atoms with Gasteiger partial charge in [-0.05, 0) is 35.9 Å². The molecule has 1 heterocycles. The molecule has 1 aliphatic heterocycles. The van der Waals surface area contributed by atoms with E-state index in [1.54, 1.807) is 0 Å². The molecule has 1 saturated heterocycles. The summed E-state index contributed by atoms with van der Waals surface area (Å²) in [6.45, 7) is 4.22. The highest BCUT2D eigenvalue weighted by atomic mass is 35.5. The lowest BCUT2D eigenvalue weighted by molar-refractivity contribution is 0.0342. The molecule has 0 aliphatic carbocycles. The summed E-state index contributed by atoms with van der Waals surface area (Å²) in [4.78, 5) is 14.5. The van der Waals surface area contributed by atoms with Crippen molar-refractivity contribution in [2.24, 2.45) is 0 Å².